The van der Waals surface area contributed by atoms with Gasteiger partial charge in [0.2, 0.25) is 21.7 Å². The summed E-state index contributed by atoms with van der Waals surface area (Å²) in [7, 11) is -3.83. The van der Waals surface area contributed by atoms with Gasteiger partial charge in [-0.25, -0.2) is 8.42 Å². The molecular weight excluding hydrogens is 410 g/mol. The smallest absolute Gasteiger partial charge is 0.312 e. The van der Waals surface area contributed by atoms with Crippen LogP contribution in [0.2, 0.25) is 0 Å². The molecule has 1 aliphatic rings. The highest BCUT2D eigenvalue weighted by Crippen LogP contribution is 2.35. The van der Waals surface area contributed by atoms with Gasteiger partial charge in [0.05, 0.1) is 9.82 Å². The maximum absolute atomic E-state index is 12.9. The molecule has 0 spiro atoms. The van der Waals surface area contributed by atoms with Crippen molar-refractivity contribution in [3.8, 4) is 11.5 Å². The molecule has 1 saturated heterocycles. The van der Waals surface area contributed by atoms with Crippen molar-refractivity contribution >= 4 is 27.3 Å². The molecule has 0 unspecified atom stereocenters. The number of hydrogen-bond donors (Lipinski definition) is 1. The van der Waals surface area contributed by atoms with Crippen molar-refractivity contribution in [3.63, 3.8) is 0 Å². The third kappa shape index (κ3) is 4.95. The Morgan fingerprint density at radius 2 is 2.03 bits per heavy atom. The summed E-state index contributed by atoms with van der Waals surface area (Å²) in [6.07, 6.45) is 1.71. The number of rotatable bonds is 6. The predicted molar refractivity (Wildman–Crippen MR) is 111 cm³/mol. The van der Waals surface area contributed by atoms with Crippen LogP contribution in [0.3, 0.4) is 0 Å². The van der Waals surface area contributed by atoms with E-state index in [-0.39, 0.29) is 28.2 Å². The maximum atomic E-state index is 12.9. The van der Waals surface area contributed by atoms with Crippen molar-refractivity contribution in [1.82, 2.24) is 4.31 Å². The highest BCUT2D eigenvalue weighted by molar-refractivity contribution is 7.89. The SMILES string of the molecule is CC(=O)Nc1cccc(Oc2ccc(S(=O)(=O)N3CCC[C@@H](C)C3)cc2[N+](=O)[O-])c1. The first-order chi connectivity index (χ1) is 14.2. The summed E-state index contributed by atoms with van der Waals surface area (Å²) >= 11 is 0. The number of nitro groups is 1. The molecule has 1 atom stereocenters. The number of nitrogens with zero attached hydrogens (tertiary/aromatic N) is 2. The summed E-state index contributed by atoms with van der Waals surface area (Å²) in [6.45, 7) is 4.13. The van der Waals surface area contributed by atoms with E-state index in [4.69, 9.17) is 4.74 Å². The molecule has 0 aromatic heterocycles. The number of nitrogens with one attached hydrogen (secondary N) is 1. The first kappa shape index (κ1) is 21.7. The molecule has 160 valence electrons. The van der Waals surface area contributed by atoms with E-state index < -0.39 is 20.6 Å². The van der Waals surface area contributed by atoms with E-state index in [1.165, 1.54) is 29.4 Å². The quantitative estimate of drug-likeness (QED) is 0.547. The average molecular weight is 433 g/mol. The van der Waals surface area contributed by atoms with E-state index in [0.717, 1.165) is 18.9 Å². The van der Waals surface area contributed by atoms with Gasteiger partial charge >= 0.3 is 5.69 Å². The van der Waals surface area contributed by atoms with Gasteiger partial charge in [-0.2, -0.15) is 4.31 Å². The third-order valence-electron chi connectivity index (χ3n) is 4.77. The molecular formula is C20H23N3O6S. The second-order valence-corrected chi connectivity index (χ2v) is 9.25. The molecule has 1 amide bonds. The number of carbonyl (C=O) groups excluding carboxylic acids is 1. The number of amides is 1. The van der Waals surface area contributed by atoms with Crippen molar-refractivity contribution in [2.45, 2.75) is 31.6 Å². The lowest BCUT2D eigenvalue weighted by atomic mass is 10.0. The summed E-state index contributed by atoms with van der Waals surface area (Å²) in [6, 6.07) is 10.0. The van der Waals surface area contributed by atoms with Crippen molar-refractivity contribution in [3.05, 3.63) is 52.6 Å². The number of carbonyl (C=O) groups is 1. The molecule has 9 nitrogen and oxygen atoms in total. The number of nitro benzene ring substituents is 1. The fourth-order valence-corrected chi connectivity index (χ4v) is 4.99. The Bertz CT molecular complexity index is 1070. The summed E-state index contributed by atoms with van der Waals surface area (Å²) < 4.78 is 32.9. The highest BCUT2D eigenvalue weighted by atomic mass is 32.2. The molecule has 0 saturated carbocycles. The molecule has 1 heterocycles. The van der Waals surface area contributed by atoms with Crippen molar-refractivity contribution < 1.29 is 22.9 Å². The van der Waals surface area contributed by atoms with Gasteiger partial charge in [0.1, 0.15) is 5.75 Å². The lowest BCUT2D eigenvalue weighted by molar-refractivity contribution is -0.385. The van der Waals surface area contributed by atoms with Gasteiger partial charge < -0.3 is 10.1 Å². The molecule has 1 N–H and O–H groups in total. The standard InChI is InChI=1S/C20H23N3O6S/c1-14-5-4-10-22(13-14)30(27,28)18-8-9-20(19(12-18)23(25)26)29-17-7-3-6-16(11-17)21-15(2)24/h3,6-9,11-12,14H,4-5,10,13H2,1-2H3,(H,21,24)/t14-/m1/s1. The number of anilines is 1. The lowest BCUT2D eigenvalue weighted by Gasteiger charge is -2.30. The Balaban J connectivity index is 1.91. The molecule has 0 bridgehead atoms. The number of hydrogen-bond acceptors (Lipinski definition) is 6. The number of sulfonamides is 1. The number of benzene rings is 2. The first-order valence-corrected chi connectivity index (χ1v) is 10.9. The molecule has 1 aliphatic heterocycles. The minimum Gasteiger partial charge on any atom is -0.450 e. The summed E-state index contributed by atoms with van der Waals surface area (Å²) in [4.78, 5) is 22.0. The highest BCUT2D eigenvalue weighted by Gasteiger charge is 2.31. The second-order valence-electron chi connectivity index (χ2n) is 7.31. The second kappa shape index (κ2) is 8.80. The fraction of sp³-hybridized carbons (Fsp3) is 0.350. The minimum absolute atomic E-state index is 0.0917. The van der Waals surface area contributed by atoms with E-state index in [2.05, 4.69) is 5.32 Å². The van der Waals surface area contributed by atoms with Crippen LogP contribution < -0.4 is 10.1 Å². The van der Waals surface area contributed by atoms with Crippen LogP contribution in [0.5, 0.6) is 11.5 Å². The zero-order chi connectivity index (χ0) is 21.9. The van der Waals surface area contributed by atoms with E-state index in [1.807, 2.05) is 6.92 Å². The minimum atomic E-state index is -3.83. The summed E-state index contributed by atoms with van der Waals surface area (Å²) in [5.74, 6) is 0.150. The average Bonchev–Trinajstić information content (AvgIpc) is 2.67. The van der Waals surface area contributed by atoms with Crippen LogP contribution in [-0.4, -0.2) is 36.6 Å². The zero-order valence-electron chi connectivity index (χ0n) is 16.7. The fourth-order valence-electron chi connectivity index (χ4n) is 3.37. The number of ether oxygens (including phenoxy) is 1. The molecule has 0 radical (unpaired) electrons. The van der Waals surface area contributed by atoms with Gasteiger partial charge in [-0.3, -0.25) is 14.9 Å². The van der Waals surface area contributed by atoms with Gasteiger partial charge in [0, 0.05) is 37.8 Å². The summed E-state index contributed by atoms with van der Waals surface area (Å²) in [5, 5.41) is 14.2. The van der Waals surface area contributed by atoms with E-state index in [0.29, 0.717) is 18.8 Å². The van der Waals surface area contributed by atoms with Crippen LogP contribution in [0, 0.1) is 16.0 Å². The molecule has 10 heteroatoms. The molecule has 1 fully saturated rings. The molecule has 0 aliphatic carbocycles. The topological polar surface area (TPSA) is 119 Å². The molecule has 2 aromatic rings. The van der Waals surface area contributed by atoms with Gasteiger partial charge in [-0.15, -0.1) is 0 Å². The Morgan fingerprint density at radius 1 is 1.27 bits per heavy atom. The largest absolute Gasteiger partial charge is 0.450 e. The maximum Gasteiger partial charge on any atom is 0.312 e. The third-order valence-corrected chi connectivity index (χ3v) is 6.63. The van der Waals surface area contributed by atoms with Crippen LogP contribution in [0.1, 0.15) is 26.7 Å². The summed E-state index contributed by atoms with van der Waals surface area (Å²) in [5.41, 5.74) is 0.0205. The Labute approximate surface area is 174 Å². The Kier molecular flexibility index (Phi) is 6.37. The van der Waals surface area contributed by atoms with Crippen LogP contribution in [-0.2, 0) is 14.8 Å². The monoisotopic (exact) mass is 433 g/mol. The van der Waals surface area contributed by atoms with Crippen molar-refractivity contribution in [2.24, 2.45) is 5.92 Å². The van der Waals surface area contributed by atoms with E-state index in [9.17, 15) is 23.3 Å². The van der Waals surface area contributed by atoms with Crippen LogP contribution in [0.4, 0.5) is 11.4 Å². The van der Waals surface area contributed by atoms with Gasteiger partial charge in [0.15, 0.2) is 0 Å². The number of piperidine rings is 1. The van der Waals surface area contributed by atoms with Crippen LogP contribution >= 0.6 is 0 Å². The van der Waals surface area contributed by atoms with Crippen LogP contribution in [0.25, 0.3) is 0 Å². The van der Waals surface area contributed by atoms with Crippen molar-refractivity contribution in [1.29, 1.82) is 0 Å². The van der Waals surface area contributed by atoms with Crippen molar-refractivity contribution in [2.75, 3.05) is 18.4 Å². The van der Waals surface area contributed by atoms with E-state index in [1.54, 1.807) is 18.2 Å². The normalized spacial score (nSPS) is 17.3. The molecule has 3 rings (SSSR count). The molecule has 30 heavy (non-hydrogen) atoms. The first-order valence-electron chi connectivity index (χ1n) is 9.51. The Morgan fingerprint density at radius 3 is 2.70 bits per heavy atom. The lowest BCUT2D eigenvalue weighted by Crippen LogP contribution is -2.39. The van der Waals surface area contributed by atoms with Gasteiger partial charge in [-0.05, 0) is 43.0 Å². The molecule has 2 aromatic carbocycles. The predicted octanol–water partition coefficient (Wildman–Crippen LogP) is 3.77. The zero-order valence-corrected chi connectivity index (χ0v) is 17.5. The van der Waals surface area contributed by atoms with Gasteiger partial charge in [-0.1, -0.05) is 13.0 Å². The van der Waals surface area contributed by atoms with Crippen LogP contribution in [0.15, 0.2) is 47.4 Å². The van der Waals surface area contributed by atoms with Gasteiger partial charge in [0.25, 0.3) is 0 Å². The Hall–Kier alpha value is -2.98. The van der Waals surface area contributed by atoms with E-state index >= 15 is 0 Å².